The number of pyridine rings is 1. The van der Waals surface area contributed by atoms with Gasteiger partial charge in [0.2, 0.25) is 0 Å². The van der Waals surface area contributed by atoms with Crippen LogP contribution in [0.4, 0.5) is 5.82 Å². The van der Waals surface area contributed by atoms with Crippen molar-refractivity contribution in [3.8, 4) is 28.6 Å². The summed E-state index contributed by atoms with van der Waals surface area (Å²) in [6.45, 7) is 0. The molecular formula is C17H13N5. The highest BCUT2D eigenvalue weighted by molar-refractivity contribution is 5.87. The zero-order valence-electron chi connectivity index (χ0n) is 12.0. The van der Waals surface area contributed by atoms with E-state index >= 15 is 0 Å². The molecule has 1 aliphatic rings. The second kappa shape index (κ2) is 4.43. The topological polar surface area (TPSA) is 80.5 Å². The smallest absolute Gasteiger partial charge is 0.142 e. The lowest BCUT2D eigenvalue weighted by Crippen LogP contribution is -2.03. The molecular weight excluding hydrogens is 274 g/mol. The molecule has 0 saturated heterocycles. The van der Waals surface area contributed by atoms with Crippen molar-refractivity contribution in [3.05, 3.63) is 53.2 Å². The van der Waals surface area contributed by atoms with Crippen molar-refractivity contribution >= 4 is 5.82 Å². The highest BCUT2D eigenvalue weighted by Gasteiger charge is 2.27. The Labute approximate surface area is 127 Å². The molecule has 2 heterocycles. The zero-order valence-corrected chi connectivity index (χ0v) is 12.0. The van der Waals surface area contributed by atoms with E-state index in [4.69, 9.17) is 5.73 Å². The number of hydrogen-bond acceptors (Lipinski definition) is 4. The predicted molar refractivity (Wildman–Crippen MR) is 83.8 cm³/mol. The van der Waals surface area contributed by atoms with Crippen LogP contribution in [0, 0.1) is 11.3 Å². The van der Waals surface area contributed by atoms with Crippen molar-refractivity contribution in [3.63, 3.8) is 0 Å². The summed E-state index contributed by atoms with van der Waals surface area (Å²) < 4.78 is 1.72. The van der Waals surface area contributed by atoms with Crippen LogP contribution in [0.3, 0.4) is 0 Å². The first-order valence-corrected chi connectivity index (χ1v) is 6.99. The number of benzene rings is 1. The van der Waals surface area contributed by atoms with Crippen molar-refractivity contribution in [1.29, 1.82) is 5.26 Å². The number of nitrogen functional groups attached to an aromatic ring is 1. The molecule has 5 heteroatoms. The van der Waals surface area contributed by atoms with Crippen LogP contribution in [-0.2, 0) is 13.5 Å². The highest BCUT2D eigenvalue weighted by atomic mass is 15.2. The molecule has 0 bridgehead atoms. The third-order valence-corrected chi connectivity index (χ3v) is 4.05. The minimum atomic E-state index is 0.263. The minimum Gasteiger partial charge on any atom is -0.383 e. The Morgan fingerprint density at radius 1 is 1.27 bits per heavy atom. The summed E-state index contributed by atoms with van der Waals surface area (Å²) >= 11 is 0. The molecule has 0 unspecified atom stereocenters. The third kappa shape index (κ3) is 1.64. The molecule has 0 radical (unpaired) electrons. The van der Waals surface area contributed by atoms with Crippen molar-refractivity contribution < 1.29 is 0 Å². The van der Waals surface area contributed by atoms with Crippen LogP contribution in [0.15, 0.2) is 36.5 Å². The van der Waals surface area contributed by atoms with Gasteiger partial charge in [-0.2, -0.15) is 10.4 Å². The van der Waals surface area contributed by atoms with E-state index < -0.39 is 0 Å². The standard InChI is InChI=1S/C17H13N5/c1-22-7-6-14(21-22)15-12-8-10-4-2-3-5-11(10)16(12)20-17(19)13(15)9-18/h2-7H,8H2,1H3,(H2,19,20). The second-order valence-corrected chi connectivity index (χ2v) is 5.39. The average molecular weight is 287 g/mol. The van der Waals surface area contributed by atoms with Crippen molar-refractivity contribution in [2.75, 3.05) is 5.73 Å². The van der Waals surface area contributed by atoms with Gasteiger partial charge in [-0.1, -0.05) is 24.3 Å². The van der Waals surface area contributed by atoms with E-state index in [9.17, 15) is 5.26 Å². The number of aryl methyl sites for hydroxylation is 1. The molecule has 5 nitrogen and oxygen atoms in total. The maximum absolute atomic E-state index is 9.51. The lowest BCUT2D eigenvalue weighted by molar-refractivity contribution is 0.770. The molecule has 1 aromatic carbocycles. The van der Waals surface area contributed by atoms with E-state index in [0.717, 1.165) is 34.5 Å². The van der Waals surface area contributed by atoms with Gasteiger partial charge in [0.1, 0.15) is 17.5 Å². The fraction of sp³-hybridized carbons (Fsp3) is 0.118. The Morgan fingerprint density at radius 3 is 2.82 bits per heavy atom. The molecule has 0 saturated carbocycles. The number of fused-ring (bicyclic) bond motifs is 3. The first-order chi connectivity index (χ1) is 10.7. The van der Waals surface area contributed by atoms with Crippen LogP contribution in [0.25, 0.3) is 22.5 Å². The summed E-state index contributed by atoms with van der Waals surface area (Å²) in [6.07, 6.45) is 2.61. The largest absolute Gasteiger partial charge is 0.383 e. The van der Waals surface area contributed by atoms with Crippen LogP contribution in [-0.4, -0.2) is 14.8 Å². The van der Waals surface area contributed by atoms with Crippen molar-refractivity contribution in [2.24, 2.45) is 7.05 Å². The van der Waals surface area contributed by atoms with Gasteiger partial charge in [-0.3, -0.25) is 4.68 Å². The van der Waals surface area contributed by atoms with Gasteiger partial charge in [0.05, 0.1) is 11.4 Å². The quantitative estimate of drug-likeness (QED) is 0.583. The summed E-state index contributed by atoms with van der Waals surface area (Å²) in [5.74, 6) is 0.263. The maximum Gasteiger partial charge on any atom is 0.142 e. The molecule has 1 aliphatic carbocycles. The molecule has 0 aliphatic heterocycles. The molecule has 0 atom stereocenters. The molecule has 0 fully saturated rings. The van der Waals surface area contributed by atoms with Crippen molar-refractivity contribution in [2.45, 2.75) is 6.42 Å². The van der Waals surface area contributed by atoms with Crippen molar-refractivity contribution in [1.82, 2.24) is 14.8 Å². The normalized spacial score (nSPS) is 11.8. The number of hydrogen-bond donors (Lipinski definition) is 1. The van der Waals surface area contributed by atoms with Gasteiger partial charge in [-0.05, 0) is 17.2 Å². The molecule has 0 amide bonds. The first-order valence-electron chi connectivity index (χ1n) is 6.99. The average Bonchev–Trinajstić information content (AvgIpc) is 3.09. The SMILES string of the molecule is Cn1ccc(-c2c(C#N)c(N)nc3c2Cc2ccccc2-3)n1. The molecule has 22 heavy (non-hydrogen) atoms. The number of anilines is 1. The first kappa shape index (κ1) is 12.6. The van der Waals surface area contributed by atoms with E-state index in [2.05, 4.69) is 22.2 Å². The lowest BCUT2D eigenvalue weighted by Gasteiger charge is -2.10. The van der Waals surface area contributed by atoms with E-state index in [1.807, 2.05) is 37.5 Å². The molecule has 4 rings (SSSR count). The third-order valence-electron chi connectivity index (χ3n) is 4.05. The minimum absolute atomic E-state index is 0.263. The number of nitrogens with two attached hydrogens (primary N) is 1. The van der Waals surface area contributed by atoms with Crippen LogP contribution >= 0.6 is 0 Å². The molecule has 3 aromatic rings. The fourth-order valence-corrected chi connectivity index (χ4v) is 3.08. The van der Waals surface area contributed by atoms with Crippen LogP contribution in [0.2, 0.25) is 0 Å². The van der Waals surface area contributed by atoms with Gasteiger partial charge in [0, 0.05) is 30.8 Å². The van der Waals surface area contributed by atoms with Gasteiger partial charge in [-0.15, -0.1) is 0 Å². The second-order valence-electron chi connectivity index (χ2n) is 5.39. The molecule has 0 spiro atoms. The summed E-state index contributed by atoms with van der Waals surface area (Å²) in [4.78, 5) is 4.48. The Balaban J connectivity index is 2.07. The summed E-state index contributed by atoms with van der Waals surface area (Å²) in [6, 6.07) is 12.2. The molecule has 106 valence electrons. The number of rotatable bonds is 1. The Kier molecular flexibility index (Phi) is 2.54. The summed E-state index contributed by atoms with van der Waals surface area (Å²) in [5, 5.41) is 14.0. The van der Waals surface area contributed by atoms with Gasteiger partial charge in [-0.25, -0.2) is 4.98 Å². The Bertz CT molecular complexity index is 946. The van der Waals surface area contributed by atoms with Crippen LogP contribution < -0.4 is 5.73 Å². The zero-order chi connectivity index (χ0) is 15.3. The van der Waals surface area contributed by atoms with E-state index in [1.54, 1.807) is 4.68 Å². The van der Waals surface area contributed by atoms with Gasteiger partial charge >= 0.3 is 0 Å². The summed E-state index contributed by atoms with van der Waals surface area (Å²) in [7, 11) is 1.86. The fourth-order valence-electron chi connectivity index (χ4n) is 3.08. The lowest BCUT2D eigenvalue weighted by atomic mass is 9.98. The maximum atomic E-state index is 9.51. The van der Waals surface area contributed by atoms with E-state index in [0.29, 0.717) is 5.56 Å². The number of aromatic nitrogens is 3. The summed E-state index contributed by atoms with van der Waals surface area (Å²) in [5.41, 5.74) is 12.2. The van der Waals surface area contributed by atoms with Gasteiger partial charge in [0.15, 0.2) is 0 Å². The highest BCUT2D eigenvalue weighted by Crippen LogP contribution is 2.42. The number of nitrogens with zero attached hydrogens (tertiary/aromatic N) is 4. The van der Waals surface area contributed by atoms with E-state index in [-0.39, 0.29) is 5.82 Å². The van der Waals surface area contributed by atoms with Crippen LogP contribution in [0.1, 0.15) is 16.7 Å². The van der Waals surface area contributed by atoms with Crippen LogP contribution in [0.5, 0.6) is 0 Å². The monoisotopic (exact) mass is 287 g/mol. The Morgan fingerprint density at radius 2 is 2.09 bits per heavy atom. The molecule has 2 aromatic heterocycles. The van der Waals surface area contributed by atoms with Gasteiger partial charge in [0.25, 0.3) is 0 Å². The van der Waals surface area contributed by atoms with E-state index in [1.165, 1.54) is 5.56 Å². The predicted octanol–water partition coefficient (Wildman–Crippen LogP) is 2.51. The Hall–Kier alpha value is -3.13. The van der Waals surface area contributed by atoms with Gasteiger partial charge < -0.3 is 5.73 Å². The number of nitriles is 1. The molecule has 2 N–H and O–H groups in total.